The zero-order valence-electron chi connectivity index (χ0n) is 29.2. The summed E-state index contributed by atoms with van der Waals surface area (Å²) >= 11 is 0. The van der Waals surface area contributed by atoms with Crippen molar-refractivity contribution in [2.45, 2.75) is 174 Å². The monoisotopic (exact) mass is 644 g/mol. The molecule has 7 rings (SSSR count). The minimum absolute atomic E-state index is 0.0255. The van der Waals surface area contributed by atoms with Crippen LogP contribution in [0.15, 0.2) is 0 Å². The van der Waals surface area contributed by atoms with E-state index in [1.807, 2.05) is 0 Å². The Bertz CT molecular complexity index is 989. The summed E-state index contributed by atoms with van der Waals surface area (Å²) in [4.78, 5) is 11.5. The molecule has 0 bridgehead atoms. The first-order valence-electron chi connectivity index (χ1n) is 19.6. The highest BCUT2D eigenvalue weighted by atomic mass is 16.7. The molecule has 0 N–H and O–H groups in total. The van der Waals surface area contributed by atoms with Gasteiger partial charge in [-0.05, 0) is 150 Å². The van der Waals surface area contributed by atoms with Crippen LogP contribution >= 0.6 is 0 Å². The van der Waals surface area contributed by atoms with E-state index in [1.54, 1.807) is 0 Å². The van der Waals surface area contributed by atoms with Gasteiger partial charge in [0, 0.05) is 31.7 Å². The maximum Gasteiger partial charge on any atom is 0.157 e. The fourth-order valence-electron chi connectivity index (χ4n) is 12.1. The number of aldehydes is 1. The van der Waals surface area contributed by atoms with Crippen molar-refractivity contribution >= 4 is 6.29 Å². The number of fused-ring (bicyclic) bond motifs is 5. The molecule has 0 radical (unpaired) electrons. The highest BCUT2D eigenvalue weighted by molar-refractivity contribution is 5.49. The summed E-state index contributed by atoms with van der Waals surface area (Å²) in [6.07, 6.45) is 21.4. The maximum absolute atomic E-state index is 11.5. The lowest BCUT2D eigenvalue weighted by Gasteiger charge is -2.65. The van der Waals surface area contributed by atoms with Gasteiger partial charge in [0.15, 0.2) is 18.9 Å². The standard InChI is InChI=1S/C39H64O7/c1-26(11-10-19-40)29-15-16-30-37-31(25-33(39(29,30)3)46-36-14-6-9-22-43-36)38(2)18-17-28(44-34-12-4-7-20-41-34)23-27(38)24-32(37)45-35-13-5-8-21-42-35/h19,26-37H,4-18,20-25H2,1-3H3/t26-,27+,28-,29-,30+,31+,32-,33+,34?,35?,36?,37+,38+,39-/m1/s1. The van der Waals surface area contributed by atoms with E-state index in [2.05, 4.69) is 20.8 Å². The number of carbonyl (C=O) groups excluding carboxylic acids is 1. The summed E-state index contributed by atoms with van der Waals surface area (Å²) in [5.74, 6) is 3.19. The van der Waals surface area contributed by atoms with Crippen LogP contribution in [0, 0.1) is 46.3 Å². The van der Waals surface area contributed by atoms with Crippen LogP contribution in [0.4, 0.5) is 0 Å². The molecule has 0 aromatic heterocycles. The Balaban J connectivity index is 1.19. The summed E-state index contributed by atoms with van der Waals surface area (Å²) in [6, 6.07) is 0. The number of hydrogen-bond acceptors (Lipinski definition) is 7. The average molecular weight is 645 g/mol. The zero-order chi connectivity index (χ0) is 31.7. The van der Waals surface area contributed by atoms with Gasteiger partial charge in [0.25, 0.3) is 0 Å². The van der Waals surface area contributed by atoms with Crippen LogP contribution in [0.3, 0.4) is 0 Å². The number of ether oxygens (including phenoxy) is 6. The van der Waals surface area contributed by atoms with Gasteiger partial charge in [-0.3, -0.25) is 0 Å². The molecule has 4 saturated carbocycles. The minimum Gasteiger partial charge on any atom is -0.353 e. The Morgan fingerprint density at radius 3 is 2.02 bits per heavy atom. The van der Waals surface area contributed by atoms with E-state index in [4.69, 9.17) is 28.4 Å². The third kappa shape index (κ3) is 6.65. The molecule has 3 heterocycles. The van der Waals surface area contributed by atoms with Crippen molar-refractivity contribution < 1.29 is 33.2 Å². The Morgan fingerprint density at radius 1 is 0.739 bits per heavy atom. The Kier molecular flexibility index (Phi) is 10.9. The normalized spacial score (nSPS) is 48.5. The summed E-state index contributed by atoms with van der Waals surface area (Å²) in [7, 11) is 0. The molecule has 7 fully saturated rings. The molecule has 7 nitrogen and oxygen atoms in total. The molecule has 0 aromatic carbocycles. The van der Waals surface area contributed by atoms with E-state index in [-0.39, 0.29) is 48.0 Å². The van der Waals surface area contributed by atoms with Crippen molar-refractivity contribution in [3.8, 4) is 0 Å². The van der Waals surface area contributed by atoms with Gasteiger partial charge in [-0.1, -0.05) is 20.8 Å². The van der Waals surface area contributed by atoms with Crippen molar-refractivity contribution in [2.24, 2.45) is 46.3 Å². The second-order valence-corrected chi connectivity index (χ2v) is 17.0. The van der Waals surface area contributed by atoms with E-state index in [1.165, 1.54) is 38.5 Å². The molecule has 4 aliphatic carbocycles. The second kappa shape index (κ2) is 14.7. The van der Waals surface area contributed by atoms with E-state index in [0.717, 1.165) is 96.7 Å². The van der Waals surface area contributed by atoms with Gasteiger partial charge in [-0.15, -0.1) is 0 Å². The van der Waals surface area contributed by atoms with E-state index >= 15 is 0 Å². The molecule has 0 aromatic rings. The molecule has 14 atom stereocenters. The summed E-state index contributed by atoms with van der Waals surface area (Å²) in [6.45, 7) is 10.1. The van der Waals surface area contributed by atoms with Crippen molar-refractivity contribution in [1.82, 2.24) is 0 Å². The van der Waals surface area contributed by atoms with Gasteiger partial charge >= 0.3 is 0 Å². The van der Waals surface area contributed by atoms with Crippen LogP contribution < -0.4 is 0 Å². The first kappa shape index (κ1) is 33.9. The highest BCUT2D eigenvalue weighted by Gasteiger charge is 2.67. The summed E-state index contributed by atoms with van der Waals surface area (Å²) < 4.78 is 39.6. The van der Waals surface area contributed by atoms with Crippen LogP contribution in [-0.4, -0.2) is 63.3 Å². The zero-order valence-corrected chi connectivity index (χ0v) is 29.2. The molecular weight excluding hydrogens is 580 g/mol. The van der Waals surface area contributed by atoms with Gasteiger partial charge in [0.2, 0.25) is 0 Å². The fourth-order valence-corrected chi connectivity index (χ4v) is 12.1. The third-order valence-electron chi connectivity index (χ3n) is 14.6. The number of carbonyl (C=O) groups is 1. The van der Waals surface area contributed by atoms with Gasteiger partial charge in [-0.2, -0.15) is 0 Å². The quantitative estimate of drug-likeness (QED) is 0.175. The van der Waals surface area contributed by atoms with Crippen LogP contribution in [0.25, 0.3) is 0 Å². The van der Waals surface area contributed by atoms with Crippen molar-refractivity contribution in [2.75, 3.05) is 19.8 Å². The predicted molar refractivity (Wildman–Crippen MR) is 176 cm³/mol. The minimum atomic E-state index is -0.0891. The van der Waals surface area contributed by atoms with Crippen LogP contribution in [-0.2, 0) is 33.2 Å². The summed E-state index contributed by atoms with van der Waals surface area (Å²) in [5.41, 5.74) is 0.282. The Morgan fingerprint density at radius 2 is 1.39 bits per heavy atom. The van der Waals surface area contributed by atoms with E-state index < -0.39 is 0 Å². The second-order valence-electron chi connectivity index (χ2n) is 17.0. The van der Waals surface area contributed by atoms with Gasteiger partial charge < -0.3 is 33.2 Å². The van der Waals surface area contributed by atoms with Gasteiger partial charge in [-0.25, -0.2) is 0 Å². The van der Waals surface area contributed by atoms with E-state index in [9.17, 15) is 4.79 Å². The SMILES string of the molecule is C[C@H](CCC=O)[C@H]1CC[C@H]2[C@@H]3[C@H](OC4CCCCO4)C[C@@H]4C[C@H](OC5CCCCO5)CC[C@]4(C)[C@H]3C[C@H](OC3CCCCO3)[C@]12C. The molecular formula is C39H64O7. The molecule has 3 aliphatic heterocycles. The number of rotatable bonds is 10. The maximum atomic E-state index is 11.5. The molecule has 3 saturated heterocycles. The van der Waals surface area contributed by atoms with Crippen LogP contribution in [0.1, 0.15) is 136 Å². The van der Waals surface area contributed by atoms with E-state index in [0.29, 0.717) is 41.9 Å². The van der Waals surface area contributed by atoms with Crippen LogP contribution in [0.5, 0.6) is 0 Å². The molecule has 46 heavy (non-hydrogen) atoms. The third-order valence-corrected chi connectivity index (χ3v) is 14.6. The van der Waals surface area contributed by atoms with Crippen molar-refractivity contribution in [3.63, 3.8) is 0 Å². The Labute approximate surface area is 278 Å². The van der Waals surface area contributed by atoms with Crippen molar-refractivity contribution in [1.29, 1.82) is 0 Å². The summed E-state index contributed by atoms with van der Waals surface area (Å²) in [5, 5.41) is 0. The molecule has 262 valence electrons. The lowest BCUT2D eigenvalue weighted by atomic mass is 9.43. The highest BCUT2D eigenvalue weighted by Crippen LogP contribution is 2.69. The lowest BCUT2D eigenvalue weighted by Crippen LogP contribution is -2.64. The molecule has 7 aliphatic rings. The van der Waals surface area contributed by atoms with Crippen molar-refractivity contribution in [3.05, 3.63) is 0 Å². The topological polar surface area (TPSA) is 72.5 Å². The number of hydrogen-bond donors (Lipinski definition) is 0. The first-order chi connectivity index (χ1) is 22.4. The first-order valence-corrected chi connectivity index (χ1v) is 19.6. The molecule has 3 unspecified atom stereocenters. The molecule has 0 spiro atoms. The Hall–Kier alpha value is -0.570. The van der Waals surface area contributed by atoms with Gasteiger partial charge in [0.05, 0.1) is 18.3 Å². The largest absolute Gasteiger partial charge is 0.353 e. The smallest absolute Gasteiger partial charge is 0.157 e. The van der Waals surface area contributed by atoms with Gasteiger partial charge in [0.1, 0.15) is 6.29 Å². The lowest BCUT2D eigenvalue weighted by molar-refractivity contribution is -0.289. The van der Waals surface area contributed by atoms with Crippen LogP contribution in [0.2, 0.25) is 0 Å². The molecule has 7 heteroatoms. The molecule has 0 amide bonds. The fraction of sp³-hybridized carbons (Fsp3) is 0.974. The predicted octanol–water partition coefficient (Wildman–Crippen LogP) is 8.22. The average Bonchev–Trinajstić information content (AvgIpc) is 3.44.